The van der Waals surface area contributed by atoms with Crippen LogP contribution in [0.3, 0.4) is 0 Å². The van der Waals surface area contributed by atoms with Gasteiger partial charge in [0.15, 0.2) is 5.76 Å². The predicted octanol–water partition coefficient (Wildman–Crippen LogP) is 3.51. The van der Waals surface area contributed by atoms with Gasteiger partial charge in [-0.15, -0.1) is 11.3 Å². The molecule has 134 valence electrons. The predicted molar refractivity (Wildman–Crippen MR) is 95.8 cm³/mol. The number of hydrogen-bond donors (Lipinski definition) is 2. The normalized spacial score (nSPS) is 14.1. The molecule has 2 amide bonds. The highest BCUT2D eigenvalue weighted by molar-refractivity contribution is 7.14. The Bertz CT molecular complexity index is 768. The molecule has 0 fully saturated rings. The lowest BCUT2D eigenvalue weighted by Crippen LogP contribution is -2.41. The van der Waals surface area contributed by atoms with Gasteiger partial charge in [-0.1, -0.05) is 25.4 Å². The molecule has 1 aliphatic rings. The summed E-state index contributed by atoms with van der Waals surface area (Å²) in [6.45, 7) is 5.56. The number of fused-ring (bicyclic) bond motifs is 1. The van der Waals surface area contributed by atoms with E-state index in [1.807, 2.05) is 19.9 Å². The number of carbonyl (C=O) groups excluding carboxylic acids is 2. The van der Waals surface area contributed by atoms with Crippen LogP contribution in [-0.4, -0.2) is 17.0 Å². The van der Waals surface area contributed by atoms with E-state index in [2.05, 4.69) is 16.0 Å². The molecule has 0 bridgehead atoms. The van der Waals surface area contributed by atoms with Crippen LogP contribution in [0.4, 0.5) is 0 Å². The Morgan fingerprint density at radius 1 is 1.16 bits per heavy atom. The molecule has 0 atom stereocenters. The zero-order chi connectivity index (χ0) is 18.0. The molecule has 25 heavy (non-hydrogen) atoms. The maximum Gasteiger partial charge on any atom is 0.279 e. The molecule has 0 saturated carbocycles. The molecule has 2 heterocycles. The lowest BCUT2D eigenvalue weighted by atomic mass is 10.1. The summed E-state index contributed by atoms with van der Waals surface area (Å²) < 4.78 is 5.21. The Labute approximate surface area is 150 Å². The van der Waals surface area contributed by atoms with Crippen LogP contribution in [0.15, 0.2) is 10.6 Å². The van der Waals surface area contributed by atoms with E-state index in [9.17, 15) is 9.59 Å². The van der Waals surface area contributed by atoms with Crippen molar-refractivity contribution in [3.63, 3.8) is 0 Å². The molecule has 2 N–H and O–H groups in total. The van der Waals surface area contributed by atoms with Crippen LogP contribution in [0.5, 0.6) is 0 Å². The maximum atomic E-state index is 12.4. The van der Waals surface area contributed by atoms with Gasteiger partial charge < -0.3 is 4.52 Å². The van der Waals surface area contributed by atoms with Crippen LogP contribution < -0.4 is 10.9 Å². The second-order valence-corrected chi connectivity index (χ2v) is 7.83. The van der Waals surface area contributed by atoms with Crippen LogP contribution in [0, 0.1) is 6.92 Å². The van der Waals surface area contributed by atoms with Gasteiger partial charge in [0.25, 0.3) is 11.8 Å². The fourth-order valence-corrected chi connectivity index (χ4v) is 4.22. The summed E-state index contributed by atoms with van der Waals surface area (Å²) in [7, 11) is 0. The maximum absolute atomic E-state index is 12.4. The largest absolute Gasteiger partial charge is 0.360 e. The number of hydrazine groups is 1. The molecule has 0 saturated heterocycles. The summed E-state index contributed by atoms with van der Waals surface area (Å²) in [6.07, 6.45) is 5.66. The van der Waals surface area contributed by atoms with Crippen molar-refractivity contribution >= 4 is 23.2 Å². The summed E-state index contributed by atoms with van der Waals surface area (Å²) in [4.78, 5) is 26.7. The fourth-order valence-electron chi connectivity index (χ4n) is 3.07. The third kappa shape index (κ3) is 3.76. The van der Waals surface area contributed by atoms with Gasteiger partial charge in [0.2, 0.25) is 0 Å². The van der Waals surface area contributed by atoms with Gasteiger partial charge >= 0.3 is 0 Å². The van der Waals surface area contributed by atoms with E-state index < -0.39 is 5.91 Å². The summed E-state index contributed by atoms with van der Waals surface area (Å²) >= 11 is 1.52. The van der Waals surface area contributed by atoms with Gasteiger partial charge in [-0.25, -0.2) is 0 Å². The lowest BCUT2D eigenvalue weighted by molar-refractivity contribution is 0.0847. The van der Waals surface area contributed by atoms with E-state index in [1.165, 1.54) is 41.0 Å². The van der Waals surface area contributed by atoms with Crippen molar-refractivity contribution < 1.29 is 14.1 Å². The lowest BCUT2D eigenvalue weighted by Gasteiger charge is -2.07. The van der Waals surface area contributed by atoms with Crippen molar-refractivity contribution in [2.75, 3.05) is 0 Å². The standard InChI is InChI=1S/C18H23N3O3S/c1-10(2)16-15(11(3)21-24-16)18(23)20-19-17(22)14-9-12-7-5-4-6-8-13(12)25-14/h9-10H,4-8H2,1-3H3,(H,19,22)(H,20,23). The Morgan fingerprint density at radius 2 is 1.88 bits per heavy atom. The first-order valence-electron chi connectivity index (χ1n) is 8.65. The second-order valence-electron chi connectivity index (χ2n) is 6.69. The number of carbonyl (C=O) groups is 2. The van der Waals surface area contributed by atoms with Crippen LogP contribution in [0.25, 0.3) is 0 Å². The average molecular weight is 361 g/mol. The smallest absolute Gasteiger partial charge is 0.279 e. The van der Waals surface area contributed by atoms with E-state index in [4.69, 9.17) is 4.52 Å². The number of nitrogens with one attached hydrogen (secondary N) is 2. The minimum absolute atomic E-state index is 0.0330. The number of thiophene rings is 1. The number of amides is 2. The first-order chi connectivity index (χ1) is 12.0. The van der Waals surface area contributed by atoms with Crippen LogP contribution >= 0.6 is 11.3 Å². The van der Waals surface area contributed by atoms with Gasteiger partial charge in [0.1, 0.15) is 5.56 Å². The zero-order valence-electron chi connectivity index (χ0n) is 14.8. The number of nitrogens with zero attached hydrogens (tertiary/aromatic N) is 1. The van der Waals surface area contributed by atoms with Crippen molar-refractivity contribution in [2.24, 2.45) is 0 Å². The van der Waals surface area contributed by atoms with Crippen LogP contribution in [0.2, 0.25) is 0 Å². The van der Waals surface area contributed by atoms with E-state index in [-0.39, 0.29) is 11.8 Å². The molecule has 0 unspecified atom stereocenters. The Hall–Kier alpha value is -2.15. The molecule has 2 aromatic rings. The highest BCUT2D eigenvalue weighted by Crippen LogP contribution is 2.29. The molecule has 0 radical (unpaired) electrons. The highest BCUT2D eigenvalue weighted by atomic mass is 32.1. The molecule has 0 aliphatic heterocycles. The minimum Gasteiger partial charge on any atom is -0.360 e. The summed E-state index contributed by atoms with van der Waals surface area (Å²) in [6, 6.07) is 1.96. The third-order valence-corrected chi connectivity index (χ3v) is 5.64. The zero-order valence-corrected chi connectivity index (χ0v) is 15.6. The molecule has 6 nitrogen and oxygen atoms in total. The van der Waals surface area contributed by atoms with Gasteiger partial charge in [-0.2, -0.15) is 0 Å². The summed E-state index contributed by atoms with van der Waals surface area (Å²) in [5.74, 6) is -0.141. The Kier molecular flexibility index (Phi) is 5.22. The highest BCUT2D eigenvalue weighted by Gasteiger charge is 2.23. The fraction of sp³-hybridized carbons (Fsp3) is 0.500. The van der Waals surface area contributed by atoms with Gasteiger partial charge in [-0.05, 0) is 44.2 Å². The van der Waals surface area contributed by atoms with Gasteiger partial charge in [-0.3, -0.25) is 20.4 Å². The van der Waals surface area contributed by atoms with Crippen molar-refractivity contribution in [1.29, 1.82) is 0 Å². The number of hydrogen-bond acceptors (Lipinski definition) is 5. The number of rotatable bonds is 3. The van der Waals surface area contributed by atoms with Crippen molar-refractivity contribution in [2.45, 2.75) is 58.8 Å². The number of aryl methyl sites for hydroxylation is 3. The average Bonchev–Trinajstić information content (AvgIpc) is 3.10. The molecular formula is C18H23N3O3S. The second kappa shape index (κ2) is 7.39. The van der Waals surface area contributed by atoms with E-state index in [1.54, 1.807) is 6.92 Å². The van der Waals surface area contributed by atoms with Crippen molar-refractivity contribution in [3.8, 4) is 0 Å². The first-order valence-corrected chi connectivity index (χ1v) is 9.47. The topological polar surface area (TPSA) is 84.2 Å². The molecular weight excluding hydrogens is 338 g/mol. The van der Waals surface area contributed by atoms with E-state index in [0.29, 0.717) is 21.9 Å². The van der Waals surface area contributed by atoms with E-state index >= 15 is 0 Å². The Morgan fingerprint density at radius 3 is 2.64 bits per heavy atom. The van der Waals surface area contributed by atoms with Crippen LogP contribution in [0.1, 0.15) is 81.0 Å². The minimum atomic E-state index is -0.408. The molecule has 0 aromatic carbocycles. The quantitative estimate of drug-likeness (QED) is 0.647. The number of aromatic nitrogens is 1. The molecule has 0 spiro atoms. The van der Waals surface area contributed by atoms with Crippen LogP contribution in [-0.2, 0) is 12.8 Å². The molecule has 7 heteroatoms. The van der Waals surface area contributed by atoms with Gasteiger partial charge in [0, 0.05) is 10.8 Å². The molecule has 2 aromatic heterocycles. The third-order valence-electron chi connectivity index (χ3n) is 4.40. The van der Waals surface area contributed by atoms with Crippen molar-refractivity contribution in [3.05, 3.63) is 38.4 Å². The Balaban J connectivity index is 1.67. The monoisotopic (exact) mass is 361 g/mol. The SMILES string of the molecule is Cc1noc(C(C)C)c1C(=O)NNC(=O)c1cc2c(s1)CCCCC2. The molecule has 3 rings (SSSR count). The summed E-state index contributed by atoms with van der Waals surface area (Å²) in [5, 5.41) is 3.85. The molecule has 1 aliphatic carbocycles. The van der Waals surface area contributed by atoms with Gasteiger partial charge in [0.05, 0.1) is 10.6 Å². The summed E-state index contributed by atoms with van der Waals surface area (Å²) in [5.41, 5.74) is 7.16. The van der Waals surface area contributed by atoms with E-state index in [0.717, 1.165) is 12.8 Å². The van der Waals surface area contributed by atoms with Crippen molar-refractivity contribution in [1.82, 2.24) is 16.0 Å². The first kappa shape index (κ1) is 17.7.